The van der Waals surface area contributed by atoms with E-state index in [9.17, 15) is 4.79 Å². The summed E-state index contributed by atoms with van der Waals surface area (Å²) in [7, 11) is 0. The number of aromatic amines is 1. The molecule has 0 saturated heterocycles. The van der Waals surface area contributed by atoms with Crippen molar-refractivity contribution in [3.8, 4) is 11.3 Å². The number of amides is 1. The molecule has 35 heavy (non-hydrogen) atoms. The molecule has 0 aliphatic heterocycles. The van der Waals surface area contributed by atoms with Crippen molar-refractivity contribution in [3.05, 3.63) is 77.6 Å². The van der Waals surface area contributed by atoms with Gasteiger partial charge in [0, 0.05) is 52.1 Å². The first kappa shape index (κ1) is 21.8. The molecule has 1 unspecified atom stereocenters. The smallest absolute Gasteiger partial charge is 0.251 e. The molecule has 178 valence electrons. The molecule has 2 aromatic heterocycles. The van der Waals surface area contributed by atoms with Gasteiger partial charge in [-0.05, 0) is 69.6 Å². The maximum absolute atomic E-state index is 12.7. The topological polar surface area (TPSA) is 82.7 Å². The van der Waals surface area contributed by atoms with E-state index in [-0.39, 0.29) is 18.0 Å². The first-order valence-corrected chi connectivity index (χ1v) is 12.7. The third-order valence-corrected chi connectivity index (χ3v) is 7.34. The number of fused-ring (bicyclic) bond motifs is 1. The second-order valence-corrected chi connectivity index (χ2v) is 10.1. The minimum absolute atomic E-state index is 0.00214. The van der Waals surface area contributed by atoms with E-state index in [1.807, 2.05) is 37.4 Å². The van der Waals surface area contributed by atoms with E-state index >= 15 is 0 Å². The van der Waals surface area contributed by atoms with Gasteiger partial charge in [0.2, 0.25) is 5.95 Å². The Morgan fingerprint density at radius 1 is 1.00 bits per heavy atom. The van der Waals surface area contributed by atoms with E-state index in [1.165, 1.54) is 23.8 Å². The highest BCUT2D eigenvalue weighted by Crippen LogP contribution is 2.44. The third-order valence-electron chi connectivity index (χ3n) is 7.34. The largest absolute Gasteiger partial charge is 0.360 e. The summed E-state index contributed by atoms with van der Waals surface area (Å²) in [4.78, 5) is 25.9. The first-order chi connectivity index (χ1) is 17.1. The molecular weight excluding hydrogens is 434 g/mol. The lowest BCUT2D eigenvalue weighted by molar-refractivity contribution is 0.0926. The lowest BCUT2D eigenvalue weighted by atomic mass is 9.91. The van der Waals surface area contributed by atoms with Gasteiger partial charge < -0.3 is 15.6 Å². The zero-order chi connectivity index (χ0) is 23.8. The predicted octanol–water partition coefficient (Wildman–Crippen LogP) is 5.96. The highest BCUT2D eigenvalue weighted by molar-refractivity contribution is 5.95. The molecule has 1 amide bonds. The number of rotatable bonds is 6. The molecule has 2 atom stereocenters. The maximum Gasteiger partial charge on any atom is 0.251 e. The van der Waals surface area contributed by atoms with Crippen LogP contribution in [0, 0.1) is 6.92 Å². The summed E-state index contributed by atoms with van der Waals surface area (Å²) in [6.45, 7) is 2.03. The number of aromatic nitrogens is 3. The molecule has 6 nitrogen and oxygen atoms in total. The minimum atomic E-state index is 0.00214. The van der Waals surface area contributed by atoms with E-state index < -0.39 is 0 Å². The van der Waals surface area contributed by atoms with Gasteiger partial charge in [-0.3, -0.25) is 4.79 Å². The van der Waals surface area contributed by atoms with Gasteiger partial charge in [0.15, 0.2) is 0 Å². The number of anilines is 1. The van der Waals surface area contributed by atoms with Crippen LogP contribution in [0.1, 0.15) is 65.9 Å². The fourth-order valence-electron chi connectivity index (χ4n) is 5.25. The summed E-state index contributed by atoms with van der Waals surface area (Å²) in [6, 6.07) is 16.5. The van der Waals surface area contributed by atoms with Crippen molar-refractivity contribution < 1.29 is 4.79 Å². The molecule has 2 aliphatic rings. The Morgan fingerprint density at radius 3 is 2.63 bits per heavy atom. The molecule has 4 aromatic rings. The van der Waals surface area contributed by atoms with Crippen LogP contribution in [0.5, 0.6) is 0 Å². The van der Waals surface area contributed by atoms with E-state index in [4.69, 9.17) is 9.97 Å². The van der Waals surface area contributed by atoms with Crippen LogP contribution in [-0.2, 0) is 0 Å². The lowest BCUT2D eigenvalue weighted by Crippen LogP contribution is -2.42. The summed E-state index contributed by atoms with van der Waals surface area (Å²) in [5.74, 6) is 1.23. The van der Waals surface area contributed by atoms with Gasteiger partial charge in [0.1, 0.15) is 0 Å². The van der Waals surface area contributed by atoms with Crippen LogP contribution < -0.4 is 10.6 Å². The molecular formula is C29H31N5O. The Bertz CT molecular complexity index is 1360. The summed E-state index contributed by atoms with van der Waals surface area (Å²) in [6.07, 6.45) is 10.5. The van der Waals surface area contributed by atoms with E-state index in [2.05, 4.69) is 46.1 Å². The van der Waals surface area contributed by atoms with Crippen molar-refractivity contribution in [2.75, 3.05) is 5.32 Å². The summed E-state index contributed by atoms with van der Waals surface area (Å²) in [5.41, 5.74) is 6.41. The standard InChI is InChI=1S/C29H31N5O/c1-18-9-11-20(12-10-18)28(35)32-21-5-4-6-22(15-21)33-29-31-16-24(19-13-14-19)27(34-29)25-17-30-26-8-3-2-7-23(25)26/h2-3,7-12,16-17,19,21-22,30H,4-6,13-15H2,1H3,(H,32,35)(H,31,33,34)/t21-,22?/m0/s1. The van der Waals surface area contributed by atoms with Gasteiger partial charge in [-0.2, -0.15) is 0 Å². The van der Waals surface area contributed by atoms with Crippen molar-refractivity contribution in [1.29, 1.82) is 0 Å². The molecule has 2 heterocycles. The number of aryl methyl sites for hydroxylation is 1. The van der Waals surface area contributed by atoms with Gasteiger partial charge in [0.05, 0.1) is 5.69 Å². The predicted molar refractivity (Wildman–Crippen MR) is 140 cm³/mol. The number of benzene rings is 2. The Kier molecular flexibility index (Phi) is 5.72. The maximum atomic E-state index is 12.7. The SMILES string of the molecule is Cc1ccc(C(=O)N[C@H]2CCCC(Nc3ncc(C4CC4)c(-c4c[nH]c5ccccc45)n3)C2)cc1. The monoisotopic (exact) mass is 465 g/mol. The van der Waals surface area contributed by atoms with Gasteiger partial charge in [-0.25, -0.2) is 9.97 Å². The molecule has 2 fully saturated rings. The number of hydrogen-bond acceptors (Lipinski definition) is 4. The van der Waals surface area contributed by atoms with Crippen LogP contribution in [-0.4, -0.2) is 32.9 Å². The fraction of sp³-hybridized carbons (Fsp3) is 0.345. The Hall–Kier alpha value is -3.67. The normalized spacial score (nSPS) is 20.0. The number of nitrogens with one attached hydrogen (secondary N) is 3. The summed E-state index contributed by atoms with van der Waals surface area (Å²) >= 11 is 0. The van der Waals surface area contributed by atoms with Crippen LogP contribution in [0.3, 0.4) is 0 Å². The molecule has 3 N–H and O–H groups in total. The Labute approximate surface area is 205 Å². The molecule has 0 bridgehead atoms. The second kappa shape index (κ2) is 9.17. The Morgan fingerprint density at radius 2 is 1.80 bits per heavy atom. The molecule has 0 radical (unpaired) electrons. The van der Waals surface area contributed by atoms with Gasteiger partial charge in [0.25, 0.3) is 5.91 Å². The number of para-hydroxylation sites is 1. The molecule has 6 heteroatoms. The van der Waals surface area contributed by atoms with Crippen LogP contribution in [0.25, 0.3) is 22.2 Å². The van der Waals surface area contributed by atoms with Gasteiger partial charge in [-0.15, -0.1) is 0 Å². The highest BCUT2D eigenvalue weighted by atomic mass is 16.1. The average Bonchev–Trinajstić information content (AvgIpc) is 3.63. The summed E-state index contributed by atoms with van der Waals surface area (Å²) < 4.78 is 0. The molecule has 2 aliphatic carbocycles. The van der Waals surface area contributed by atoms with Crippen molar-refractivity contribution in [3.63, 3.8) is 0 Å². The van der Waals surface area contributed by atoms with Crippen molar-refractivity contribution >= 4 is 22.8 Å². The van der Waals surface area contributed by atoms with Gasteiger partial charge in [-0.1, -0.05) is 35.9 Å². The fourth-order valence-corrected chi connectivity index (χ4v) is 5.25. The average molecular weight is 466 g/mol. The van der Waals surface area contributed by atoms with Crippen molar-refractivity contribution in [2.45, 2.75) is 63.5 Å². The second-order valence-electron chi connectivity index (χ2n) is 10.1. The van der Waals surface area contributed by atoms with Crippen LogP contribution in [0.4, 0.5) is 5.95 Å². The molecule has 2 aromatic carbocycles. The number of H-pyrrole nitrogens is 1. The highest BCUT2D eigenvalue weighted by Gasteiger charge is 2.30. The zero-order valence-electron chi connectivity index (χ0n) is 20.1. The van der Waals surface area contributed by atoms with Crippen molar-refractivity contribution in [1.82, 2.24) is 20.3 Å². The van der Waals surface area contributed by atoms with E-state index in [1.54, 1.807) is 0 Å². The number of nitrogens with zero attached hydrogens (tertiary/aromatic N) is 2. The van der Waals surface area contributed by atoms with Gasteiger partial charge >= 0.3 is 0 Å². The minimum Gasteiger partial charge on any atom is -0.360 e. The first-order valence-electron chi connectivity index (χ1n) is 12.7. The molecule has 2 saturated carbocycles. The molecule has 6 rings (SSSR count). The zero-order valence-corrected chi connectivity index (χ0v) is 20.1. The third kappa shape index (κ3) is 4.65. The Balaban J connectivity index is 1.19. The van der Waals surface area contributed by atoms with Crippen LogP contribution in [0.15, 0.2) is 60.9 Å². The van der Waals surface area contributed by atoms with E-state index in [0.717, 1.165) is 48.0 Å². The number of hydrogen-bond donors (Lipinski definition) is 3. The van der Waals surface area contributed by atoms with Crippen molar-refractivity contribution in [2.24, 2.45) is 0 Å². The van der Waals surface area contributed by atoms with E-state index in [0.29, 0.717) is 17.4 Å². The summed E-state index contributed by atoms with van der Waals surface area (Å²) in [5, 5.41) is 8.01. The molecule has 0 spiro atoms. The number of carbonyl (C=O) groups excluding carboxylic acids is 1. The number of carbonyl (C=O) groups is 1. The quantitative estimate of drug-likeness (QED) is 0.328. The lowest BCUT2D eigenvalue weighted by Gasteiger charge is -2.30. The van der Waals surface area contributed by atoms with Crippen LogP contribution in [0.2, 0.25) is 0 Å². The van der Waals surface area contributed by atoms with Crippen LogP contribution >= 0.6 is 0 Å².